The molecule has 1 aromatic heterocycles. The van der Waals surface area contributed by atoms with Gasteiger partial charge in [0.2, 0.25) is 0 Å². The van der Waals surface area contributed by atoms with Gasteiger partial charge in [0.1, 0.15) is 28.8 Å². The summed E-state index contributed by atoms with van der Waals surface area (Å²) in [5.74, 6) is -3.88. The van der Waals surface area contributed by atoms with Crippen LogP contribution in [0.3, 0.4) is 0 Å². The van der Waals surface area contributed by atoms with Gasteiger partial charge in [0.05, 0.1) is 12.7 Å². The number of aromatic nitrogens is 1. The number of methoxy groups -OCH3 is 1. The van der Waals surface area contributed by atoms with E-state index in [2.05, 4.69) is 9.72 Å². The van der Waals surface area contributed by atoms with E-state index in [1.807, 2.05) is 0 Å². The van der Waals surface area contributed by atoms with Crippen molar-refractivity contribution in [3.63, 3.8) is 0 Å². The number of esters is 1. The van der Waals surface area contributed by atoms with Crippen LogP contribution in [0, 0.1) is 17.5 Å². The third-order valence-corrected chi connectivity index (χ3v) is 2.98. The van der Waals surface area contributed by atoms with E-state index in [1.165, 1.54) is 0 Å². The van der Waals surface area contributed by atoms with Crippen LogP contribution in [0.15, 0.2) is 24.3 Å². The van der Waals surface area contributed by atoms with Crippen molar-refractivity contribution in [2.24, 2.45) is 0 Å². The molecule has 0 aliphatic carbocycles. The number of ether oxygens (including phenoxy) is 1. The Morgan fingerprint density at radius 1 is 1.18 bits per heavy atom. The number of aliphatic hydroxyl groups excluding tert-OH is 1. The van der Waals surface area contributed by atoms with E-state index < -0.39 is 34.7 Å². The number of hydrogen-bond acceptors (Lipinski definition) is 4. The molecule has 0 saturated carbocycles. The first-order valence-electron chi connectivity index (χ1n) is 6.32. The Morgan fingerprint density at radius 3 is 2.36 bits per heavy atom. The lowest BCUT2D eigenvalue weighted by molar-refractivity contribution is 0.0594. The van der Waals surface area contributed by atoms with Crippen LogP contribution in [0.25, 0.3) is 11.3 Å². The molecule has 0 saturated heterocycles. The first-order chi connectivity index (χ1) is 10.5. The third kappa shape index (κ3) is 3.09. The molecule has 0 fully saturated rings. The van der Waals surface area contributed by atoms with E-state index in [1.54, 1.807) is 0 Å². The van der Waals surface area contributed by atoms with E-state index in [0.29, 0.717) is 0 Å². The van der Waals surface area contributed by atoms with Gasteiger partial charge in [-0.15, -0.1) is 0 Å². The summed E-state index contributed by atoms with van der Waals surface area (Å²) >= 11 is 0. The summed E-state index contributed by atoms with van der Waals surface area (Å²) < 4.78 is 46.4. The molecule has 116 valence electrons. The lowest BCUT2D eigenvalue weighted by atomic mass is 10.0. The lowest BCUT2D eigenvalue weighted by Crippen LogP contribution is -2.07. The second kappa shape index (κ2) is 6.57. The number of benzene rings is 1. The largest absolute Gasteiger partial charge is 0.464 e. The molecule has 0 spiro atoms. The molecule has 4 nitrogen and oxygen atoms in total. The van der Waals surface area contributed by atoms with Crippen LogP contribution in [0.2, 0.25) is 0 Å². The summed E-state index contributed by atoms with van der Waals surface area (Å²) in [7, 11) is 1.11. The van der Waals surface area contributed by atoms with Crippen LogP contribution >= 0.6 is 0 Å². The molecule has 0 unspecified atom stereocenters. The minimum atomic E-state index is -1.03. The highest BCUT2D eigenvalue weighted by Crippen LogP contribution is 2.28. The van der Waals surface area contributed by atoms with Crippen LogP contribution in [0.5, 0.6) is 0 Å². The molecular formula is C15H12F3NO3. The maximum absolute atomic E-state index is 14.1. The number of carbonyl (C=O) groups excluding carboxylic acids is 1. The van der Waals surface area contributed by atoms with Crippen LogP contribution in [-0.4, -0.2) is 29.8 Å². The Labute approximate surface area is 124 Å². The van der Waals surface area contributed by atoms with Crippen molar-refractivity contribution in [1.29, 1.82) is 0 Å². The quantitative estimate of drug-likeness (QED) is 0.881. The third-order valence-electron chi connectivity index (χ3n) is 2.98. The SMILES string of the molecule is COC(=O)c1ccc(F)c(-c2c(F)cc(CCO)cc2F)n1. The summed E-state index contributed by atoms with van der Waals surface area (Å²) in [4.78, 5) is 15.0. The fraction of sp³-hybridized carbons (Fsp3) is 0.200. The molecule has 0 aliphatic heterocycles. The molecule has 0 atom stereocenters. The van der Waals surface area contributed by atoms with Crippen molar-refractivity contribution in [1.82, 2.24) is 4.98 Å². The zero-order chi connectivity index (χ0) is 16.3. The average molecular weight is 311 g/mol. The van der Waals surface area contributed by atoms with Gasteiger partial charge in [-0.2, -0.15) is 0 Å². The molecule has 1 aromatic carbocycles. The number of nitrogens with zero attached hydrogens (tertiary/aromatic N) is 1. The normalized spacial score (nSPS) is 10.6. The number of aliphatic hydroxyl groups is 1. The van der Waals surface area contributed by atoms with E-state index in [4.69, 9.17) is 5.11 Å². The van der Waals surface area contributed by atoms with Gasteiger partial charge in [0.15, 0.2) is 0 Å². The van der Waals surface area contributed by atoms with E-state index >= 15 is 0 Å². The minimum Gasteiger partial charge on any atom is -0.464 e. The maximum Gasteiger partial charge on any atom is 0.356 e. The molecule has 22 heavy (non-hydrogen) atoms. The fourth-order valence-electron chi connectivity index (χ4n) is 1.96. The Balaban J connectivity index is 2.58. The van der Waals surface area contributed by atoms with E-state index in [0.717, 1.165) is 31.4 Å². The molecule has 2 aromatic rings. The lowest BCUT2D eigenvalue weighted by Gasteiger charge is -2.09. The monoisotopic (exact) mass is 311 g/mol. The van der Waals surface area contributed by atoms with Crippen LogP contribution < -0.4 is 0 Å². The van der Waals surface area contributed by atoms with Gasteiger partial charge >= 0.3 is 5.97 Å². The van der Waals surface area contributed by atoms with Crippen molar-refractivity contribution >= 4 is 5.97 Å². The highest BCUT2D eigenvalue weighted by Gasteiger charge is 2.20. The molecule has 1 N–H and O–H groups in total. The van der Waals surface area contributed by atoms with Crippen LogP contribution in [0.4, 0.5) is 13.2 Å². The highest BCUT2D eigenvalue weighted by atomic mass is 19.1. The highest BCUT2D eigenvalue weighted by molar-refractivity contribution is 5.87. The summed E-state index contributed by atoms with van der Waals surface area (Å²) in [5, 5.41) is 8.79. The maximum atomic E-state index is 14.1. The molecule has 1 heterocycles. The molecular weight excluding hydrogens is 299 g/mol. The predicted octanol–water partition coefficient (Wildman–Crippen LogP) is 2.49. The number of halogens is 3. The van der Waals surface area contributed by atoms with Gasteiger partial charge in [-0.1, -0.05) is 0 Å². The molecule has 0 amide bonds. The number of rotatable bonds is 4. The van der Waals surface area contributed by atoms with Gasteiger partial charge in [0.25, 0.3) is 0 Å². The first-order valence-corrected chi connectivity index (χ1v) is 6.32. The van der Waals surface area contributed by atoms with Crippen molar-refractivity contribution in [3.8, 4) is 11.3 Å². The Kier molecular flexibility index (Phi) is 4.77. The summed E-state index contributed by atoms with van der Waals surface area (Å²) in [6.07, 6.45) is 0.0617. The van der Waals surface area contributed by atoms with Crippen molar-refractivity contribution in [3.05, 3.63) is 53.0 Å². The summed E-state index contributed by atoms with van der Waals surface area (Å²) in [5.41, 5.74) is -1.33. The van der Waals surface area contributed by atoms with E-state index in [9.17, 15) is 18.0 Å². The zero-order valence-corrected chi connectivity index (χ0v) is 11.6. The minimum absolute atomic E-state index is 0.0617. The Morgan fingerprint density at radius 2 is 1.82 bits per heavy atom. The van der Waals surface area contributed by atoms with Crippen molar-refractivity contribution < 1.29 is 27.8 Å². The van der Waals surface area contributed by atoms with Gasteiger partial charge < -0.3 is 9.84 Å². The molecule has 2 rings (SSSR count). The zero-order valence-electron chi connectivity index (χ0n) is 11.6. The standard InChI is InChI=1S/C15H12F3NO3/c1-22-15(21)12-3-2-9(16)14(19-12)13-10(17)6-8(4-5-20)7-11(13)18/h2-3,6-7,20H,4-5H2,1H3. The van der Waals surface area contributed by atoms with Gasteiger partial charge in [0, 0.05) is 6.61 Å². The average Bonchev–Trinajstić information content (AvgIpc) is 2.48. The van der Waals surface area contributed by atoms with Crippen molar-refractivity contribution in [2.45, 2.75) is 6.42 Å². The smallest absolute Gasteiger partial charge is 0.356 e. The fourth-order valence-corrected chi connectivity index (χ4v) is 1.96. The van der Waals surface area contributed by atoms with Crippen molar-refractivity contribution in [2.75, 3.05) is 13.7 Å². The Hall–Kier alpha value is -2.41. The summed E-state index contributed by atoms with van der Waals surface area (Å²) in [6.45, 7) is -0.275. The topological polar surface area (TPSA) is 59.4 Å². The number of hydrogen-bond donors (Lipinski definition) is 1. The second-order valence-electron chi connectivity index (χ2n) is 4.43. The van der Waals surface area contributed by atoms with E-state index in [-0.39, 0.29) is 24.3 Å². The van der Waals surface area contributed by atoms with Crippen LogP contribution in [-0.2, 0) is 11.2 Å². The first kappa shape index (κ1) is 16.0. The predicted molar refractivity (Wildman–Crippen MR) is 71.7 cm³/mol. The number of pyridine rings is 1. The molecule has 0 aliphatic rings. The molecule has 7 heteroatoms. The second-order valence-corrected chi connectivity index (χ2v) is 4.43. The number of carbonyl (C=O) groups is 1. The van der Waals surface area contributed by atoms with Gasteiger partial charge in [-0.25, -0.2) is 22.9 Å². The van der Waals surface area contributed by atoms with Crippen LogP contribution in [0.1, 0.15) is 16.1 Å². The molecule has 0 bridgehead atoms. The Bertz CT molecular complexity index is 696. The molecule has 0 radical (unpaired) electrons. The van der Waals surface area contributed by atoms with Gasteiger partial charge in [-0.05, 0) is 36.2 Å². The van der Waals surface area contributed by atoms with Gasteiger partial charge in [-0.3, -0.25) is 0 Å². The summed E-state index contributed by atoms with van der Waals surface area (Å²) in [6, 6.07) is 3.91.